The van der Waals surface area contributed by atoms with Crippen LogP contribution in [-0.2, 0) is 4.79 Å². The van der Waals surface area contributed by atoms with Crippen LogP contribution in [0.5, 0.6) is 0 Å². The molecule has 0 radical (unpaired) electrons. The molecule has 0 saturated heterocycles. The zero-order valence-corrected chi connectivity index (χ0v) is 4.43. The van der Waals surface area contributed by atoms with Gasteiger partial charge in [0.1, 0.15) is 0 Å². The first-order valence-electron chi connectivity index (χ1n) is 2.04. The Morgan fingerprint density at radius 2 is 2.00 bits per heavy atom. The van der Waals surface area contributed by atoms with Crippen LogP contribution >= 0.6 is 0 Å². The summed E-state index contributed by atoms with van der Waals surface area (Å²) in [5.74, 6) is -0.845. The number of allylic oxidation sites excluding steroid dienone is 1. The van der Waals surface area contributed by atoms with Gasteiger partial charge in [0.15, 0.2) is 0 Å². The van der Waals surface area contributed by atoms with Gasteiger partial charge in [0, 0.05) is 5.57 Å². The van der Waals surface area contributed by atoms with Crippen molar-refractivity contribution in [2.75, 3.05) is 0 Å². The van der Waals surface area contributed by atoms with E-state index in [-0.39, 0.29) is 19.8 Å². The number of aliphatic carboxylic acids is 1. The standard InChI is InChI=1S/C5H8O2.Ga.3H/c1-3-4(2)5(6)7;;;;/h3H,1-2H3,(H,6,7);;;;/b4-3-;;;;. The van der Waals surface area contributed by atoms with Crippen LogP contribution in [0.25, 0.3) is 0 Å². The summed E-state index contributed by atoms with van der Waals surface area (Å²) < 4.78 is 0. The number of carboxylic acid groups (broad SMARTS) is 1. The summed E-state index contributed by atoms with van der Waals surface area (Å²) in [7, 11) is 0. The van der Waals surface area contributed by atoms with E-state index in [1.165, 1.54) is 0 Å². The first kappa shape index (κ1) is 10.8. The molecule has 0 fully saturated rings. The van der Waals surface area contributed by atoms with E-state index in [0.717, 1.165) is 0 Å². The third-order valence-corrected chi connectivity index (χ3v) is 0.770. The molecular weight excluding hydrogens is 162 g/mol. The number of hydrogen-bond donors (Lipinski definition) is 1. The van der Waals surface area contributed by atoms with Crippen molar-refractivity contribution >= 4 is 25.8 Å². The Morgan fingerprint density at radius 3 is 2.00 bits per heavy atom. The fraction of sp³-hybridized carbons (Fsp3) is 0.400. The van der Waals surface area contributed by atoms with Crippen LogP contribution in [0.1, 0.15) is 13.8 Å². The molecule has 0 atom stereocenters. The third kappa shape index (κ3) is 4.02. The maximum absolute atomic E-state index is 9.86. The average Bonchev–Trinajstić information content (AvgIpc) is 1.65. The van der Waals surface area contributed by atoms with E-state index < -0.39 is 5.97 Å². The van der Waals surface area contributed by atoms with Gasteiger partial charge in [-0.1, -0.05) is 6.08 Å². The average molecular weight is 173 g/mol. The molecule has 0 amide bonds. The van der Waals surface area contributed by atoms with Crippen LogP contribution < -0.4 is 0 Å². The molecule has 0 aliphatic heterocycles. The number of carboxylic acids is 1. The molecule has 0 aromatic rings. The quantitative estimate of drug-likeness (QED) is 0.442. The van der Waals surface area contributed by atoms with Gasteiger partial charge in [-0.2, -0.15) is 0 Å². The van der Waals surface area contributed by atoms with Gasteiger partial charge in [-0.25, -0.2) is 4.79 Å². The van der Waals surface area contributed by atoms with Gasteiger partial charge < -0.3 is 5.11 Å². The van der Waals surface area contributed by atoms with Crippen molar-refractivity contribution in [2.45, 2.75) is 13.8 Å². The topological polar surface area (TPSA) is 37.3 Å². The van der Waals surface area contributed by atoms with E-state index in [1.54, 1.807) is 19.9 Å². The van der Waals surface area contributed by atoms with Gasteiger partial charge in [0.2, 0.25) is 0 Å². The zero-order chi connectivity index (χ0) is 5.86. The molecule has 1 N–H and O–H groups in total. The van der Waals surface area contributed by atoms with Crippen molar-refractivity contribution < 1.29 is 9.90 Å². The van der Waals surface area contributed by atoms with Crippen LogP contribution in [0.15, 0.2) is 11.6 Å². The molecule has 0 aliphatic rings. The Bertz CT molecular complexity index is 107. The van der Waals surface area contributed by atoms with Gasteiger partial charge >= 0.3 is 25.8 Å². The second-order valence-corrected chi connectivity index (χ2v) is 1.28. The Kier molecular flexibility index (Phi) is 6.71. The minimum absolute atomic E-state index is 0. The van der Waals surface area contributed by atoms with E-state index in [0.29, 0.717) is 5.57 Å². The zero-order valence-electron chi connectivity index (χ0n) is 4.43. The number of hydrogen-bond acceptors (Lipinski definition) is 1. The van der Waals surface area contributed by atoms with Gasteiger partial charge in [0.05, 0.1) is 0 Å². The van der Waals surface area contributed by atoms with E-state index >= 15 is 0 Å². The van der Waals surface area contributed by atoms with E-state index in [2.05, 4.69) is 0 Å². The first-order valence-corrected chi connectivity index (χ1v) is 2.04. The normalized spacial score (nSPS) is 10.0. The summed E-state index contributed by atoms with van der Waals surface area (Å²) in [5, 5.41) is 8.11. The SMILES string of the molecule is C/C=C(/C)C(=O)O.[GaH3]. The monoisotopic (exact) mass is 172 g/mol. The maximum atomic E-state index is 9.86. The predicted molar refractivity (Wildman–Crippen MR) is 37.0 cm³/mol. The summed E-state index contributed by atoms with van der Waals surface area (Å²) in [6.45, 7) is 3.26. The summed E-state index contributed by atoms with van der Waals surface area (Å²) in [6, 6.07) is 0. The van der Waals surface area contributed by atoms with Gasteiger partial charge in [0.25, 0.3) is 0 Å². The van der Waals surface area contributed by atoms with E-state index in [9.17, 15) is 4.79 Å². The molecule has 0 aliphatic carbocycles. The minimum atomic E-state index is -0.845. The molecule has 0 aromatic heterocycles. The van der Waals surface area contributed by atoms with Crippen molar-refractivity contribution in [3.8, 4) is 0 Å². The van der Waals surface area contributed by atoms with E-state index in [4.69, 9.17) is 5.11 Å². The van der Waals surface area contributed by atoms with Crippen molar-refractivity contribution in [3.05, 3.63) is 11.6 Å². The third-order valence-electron chi connectivity index (χ3n) is 0.770. The molecule has 0 rings (SSSR count). The second kappa shape index (κ2) is 4.99. The molecule has 0 spiro atoms. The Balaban J connectivity index is 0. The molecule has 2 nitrogen and oxygen atoms in total. The predicted octanol–water partition coefficient (Wildman–Crippen LogP) is -0.147. The van der Waals surface area contributed by atoms with Crippen molar-refractivity contribution in [1.29, 1.82) is 0 Å². The van der Waals surface area contributed by atoms with E-state index in [1.807, 2.05) is 0 Å². The summed E-state index contributed by atoms with van der Waals surface area (Å²) in [5.41, 5.74) is 0.389. The molecule has 0 unspecified atom stereocenters. The number of carbonyl (C=O) groups is 1. The van der Waals surface area contributed by atoms with Crippen LogP contribution in [0.2, 0.25) is 0 Å². The second-order valence-electron chi connectivity index (χ2n) is 1.28. The van der Waals surface area contributed by atoms with Crippen LogP contribution in [0.3, 0.4) is 0 Å². The molecule has 0 aromatic carbocycles. The molecule has 3 heteroatoms. The molecule has 8 heavy (non-hydrogen) atoms. The number of rotatable bonds is 1. The fourth-order valence-electron chi connectivity index (χ4n) is 0.123. The molecular formula is C5H11GaO2. The van der Waals surface area contributed by atoms with Crippen molar-refractivity contribution in [2.24, 2.45) is 0 Å². The van der Waals surface area contributed by atoms with Crippen LogP contribution in [0, 0.1) is 0 Å². The van der Waals surface area contributed by atoms with Crippen molar-refractivity contribution in [1.82, 2.24) is 0 Å². The van der Waals surface area contributed by atoms with Gasteiger partial charge in [-0.15, -0.1) is 0 Å². The fourth-order valence-corrected chi connectivity index (χ4v) is 0.123. The Labute approximate surface area is 61.6 Å². The molecule has 0 bridgehead atoms. The summed E-state index contributed by atoms with van der Waals surface area (Å²) in [4.78, 5) is 9.86. The van der Waals surface area contributed by atoms with Crippen LogP contribution in [-0.4, -0.2) is 30.9 Å². The van der Waals surface area contributed by atoms with Gasteiger partial charge in [-0.05, 0) is 13.8 Å². The molecule has 0 saturated carbocycles. The van der Waals surface area contributed by atoms with Gasteiger partial charge in [-0.3, -0.25) is 0 Å². The summed E-state index contributed by atoms with van der Waals surface area (Å²) in [6.07, 6.45) is 1.56. The molecule has 46 valence electrons. The Morgan fingerprint density at radius 1 is 1.62 bits per heavy atom. The Hall–Kier alpha value is -0.154. The molecule has 0 heterocycles. The van der Waals surface area contributed by atoms with Crippen molar-refractivity contribution in [3.63, 3.8) is 0 Å². The summed E-state index contributed by atoms with van der Waals surface area (Å²) >= 11 is 0. The van der Waals surface area contributed by atoms with Crippen LogP contribution in [0.4, 0.5) is 0 Å². The first-order chi connectivity index (χ1) is 3.18.